The molecule has 176 valence electrons. The maximum absolute atomic E-state index is 5.96. The highest BCUT2D eigenvalue weighted by atomic mass is 16.5. The number of aryl methyl sites for hydroxylation is 2. The van der Waals surface area contributed by atoms with Crippen LogP contribution in [0.1, 0.15) is 36.7 Å². The number of fused-ring (bicyclic) bond motifs is 1. The SMILES string of the molecule is CCc1ccc(OCCCCn2c(Cc3ccc(-c4ccccc4)cc3)nc3ccccc32)cc1. The molecule has 1 heterocycles. The number of hydrogen-bond acceptors (Lipinski definition) is 2. The Morgan fingerprint density at radius 2 is 1.37 bits per heavy atom. The Labute approximate surface area is 208 Å². The van der Waals surface area contributed by atoms with Crippen molar-refractivity contribution < 1.29 is 4.74 Å². The fraction of sp³-hybridized carbons (Fsp3) is 0.219. The van der Waals surface area contributed by atoms with Crippen LogP contribution in [0.2, 0.25) is 0 Å². The first kappa shape index (κ1) is 22.9. The van der Waals surface area contributed by atoms with Gasteiger partial charge in [-0.15, -0.1) is 0 Å². The van der Waals surface area contributed by atoms with Gasteiger partial charge >= 0.3 is 0 Å². The zero-order valence-corrected chi connectivity index (χ0v) is 20.4. The number of ether oxygens (including phenoxy) is 1. The molecule has 0 amide bonds. The molecular formula is C32H32N2O. The smallest absolute Gasteiger partial charge is 0.119 e. The van der Waals surface area contributed by atoms with Crippen molar-refractivity contribution in [3.8, 4) is 16.9 Å². The minimum atomic E-state index is 0.731. The Balaban J connectivity index is 1.24. The molecule has 3 heteroatoms. The fourth-order valence-electron chi connectivity index (χ4n) is 4.52. The maximum atomic E-state index is 5.96. The van der Waals surface area contributed by atoms with Gasteiger partial charge in [0.15, 0.2) is 0 Å². The van der Waals surface area contributed by atoms with Crippen molar-refractivity contribution in [2.75, 3.05) is 6.61 Å². The van der Waals surface area contributed by atoms with Crippen molar-refractivity contribution >= 4 is 11.0 Å². The van der Waals surface area contributed by atoms with E-state index in [1.807, 2.05) is 0 Å². The Bertz CT molecular complexity index is 1350. The average Bonchev–Trinajstić information content (AvgIpc) is 3.26. The zero-order valence-electron chi connectivity index (χ0n) is 20.4. The summed E-state index contributed by atoms with van der Waals surface area (Å²) in [4.78, 5) is 4.98. The quantitative estimate of drug-likeness (QED) is 0.200. The van der Waals surface area contributed by atoms with Crippen molar-refractivity contribution in [2.45, 2.75) is 39.2 Å². The van der Waals surface area contributed by atoms with Crippen LogP contribution in [-0.2, 0) is 19.4 Å². The highest BCUT2D eigenvalue weighted by Crippen LogP contribution is 2.23. The highest BCUT2D eigenvalue weighted by molar-refractivity contribution is 5.76. The first-order valence-corrected chi connectivity index (χ1v) is 12.6. The predicted octanol–water partition coefficient (Wildman–Crippen LogP) is 7.72. The lowest BCUT2D eigenvalue weighted by Crippen LogP contribution is -2.07. The second kappa shape index (κ2) is 11.1. The first-order chi connectivity index (χ1) is 17.3. The molecule has 3 nitrogen and oxygen atoms in total. The van der Waals surface area contributed by atoms with Crippen LogP contribution in [0, 0.1) is 0 Å². The van der Waals surface area contributed by atoms with Gasteiger partial charge < -0.3 is 9.30 Å². The van der Waals surface area contributed by atoms with Crippen LogP contribution in [0.3, 0.4) is 0 Å². The lowest BCUT2D eigenvalue weighted by molar-refractivity contribution is 0.303. The van der Waals surface area contributed by atoms with Gasteiger partial charge in [0.25, 0.3) is 0 Å². The monoisotopic (exact) mass is 460 g/mol. The molecule has 1 aromatic heterocycles. The molecule has 35 heavy (non-hydrogen) atoms. The van der Waals surface area contributed by atoms with E-state index < -0.39 is 0 Å². The Morgan fingerprint density at radius 1 is 0.686 bits per heavy atom. The molecule has 0 aliphatic carbocycles. The second-order valence-corrected chi connectivity index (χ2v) is 8.96. The number of para-hydroxylation sites is 2. The summed E-state index contributed by atoms with van der Waals surface area (Å²) in [7, 11) is 0. The van der Waals surface area contributed by atoms with Crippen LogP contribution in [-0.4, -0.2) is 16.2 Å². The number of imidazole rings is 1. The van der Waals surface area contributed by atoms with Crippen LogP contribution in [0.15, 0.2) is 103 Å². The van der Waals surface area contributed by atoms with Crippen molar-refractivity contribution in [3.05, 3.63) is 120 Å². The summed E-state index contributed by atoms with van der Waals surface area (Å²) in [5, 5.41) is 0. The molecule has 0 aliphatic rings. The summed E-state index contributed by atoms with van der Waals surface area (Å²) >= 11 is 0. The van der Waals surface area contributed by atoms with Crippen molar-refractivity contribution in [1.82, 2.24) is 9.55 Å². The maximum Gasteiger partial charge on any atom is 0.119 e. The molecule has 0 atom stereocenters. The molecule has 5 rings (SSSR count). The Kier molecular flexibility index (Phi) is 7.24. The normalized spacial score (nSPS) is 11.1. The first-order valence-electron chi connectivity index (χ1n) is 12.6. The summed E-state index contributed by atoms with van der Waals surface area (Å²) in [6.07, 6.45) is 3.93. The predicted molar refractivity (Wildman–Crippen MR) is 145 cm³/mol. The number of benzene rings is 4. The van der Waals surface area contributed by atoms with Gasteiger partial charge in [0.05, 0.1) is 17.6 Å². The van der Waals surface area contributed by atoms with E-state index in [2.05, 4.69) is 115 Å². The topological polar surface area (TPSA) is 27.1 Å². The van der Waals surface area contributed by atoms with E-state index in [1.165, 1.54) is 27.8 Å². The van der Waals surface area contributed by atoms with Gasteiger partial charge in [-0.25, -0.2) is 4.98 Å². The van der Waals surface area contributed by atoms with Crippen LogP contribution < -0.4 is 4.74 Å². The summed E-state index contributed by atoms with van der Waals surface area (Å²) in [6, 6.07) is 36.3. The highest BCUT2D eigenvalue weighted by Gasteiger charge is 2.11. The molecule has 0 spiro atoms. The molecule has 5 aromatic rings. The number of nitrogens with zero attached hydrogens (tertiary/aromatic N) is 2. The number of unbranched alkanes of at least 4 members (excludes halogenated alkanes) is 1. The average molecular weight is 461 g/mol. The third-order valence-electron chi connectivity index (χ3n) is 6.53. The summed E-state index contributed by atoms with van der Waals surface area (Å²) < 4.78 is 8.35. The van der Waals surface area contributed by atoms with Gasteiger partial charge in [-0.3, -0.25) is 0 Å². The van der Waals surface area contributed by atoms with Crippen molar-refractivity contribution in [1.29, 1.82) is 0 Å². The molecule has 0 saturated carbocycles. The lowest BCUT2D eigenvalue weighted by atomic mass is 10.0. The van der Waals surface area contributed by atoms with E-state index in [9.17, 15) is 0 Å². The van der Waals surface area contributed by atoms with Crippen LogP contribution in [0.25, 0.3) is 22.2 Å². The summed E-state index contributed by atoms with van der Waals surface area (Å²) in [5.41, 5.74) is 7.38. The molecule has 0 bridgehead atoms. The van der Waals surface area contributed by atoms with Gasteiger partial charge in [-0.1, -0.05) is 85.8 Å². The number of hydrogen-bond donors (Lipinski definition) is 0. The minimum absolute atomic E-state index is 0.731. The summed E-state index contributed by atoms with van der Waals surface area (Å²) in [6.45, 7) is 3.84. The number of rotatable bonds is 10. The third kappa shape index (κ3) is 5.63. The molecule has 0 unspecified atom stereocenters. The van der Waals surface area contributed by atoms with E-state index in [1.54, 1.807) is 0 Å². The van der Waals surface area contributed by atoms with Gasteiger partial charge in [0.2, 0.25) is 0 Å². The fourth-order valence-corrected chi connectivity index (χ4v) is 4.52. The Morgan fingerprint density at radius 3 is 2.14 bits per heavy atom. The lowest BCUT2D eigenvalue weighted by Gasteiger charge is -2.11. The second-order valence-electron chi connectivity index (χ2n) is 8.96. The van der Waals surface area contributed by atoms with Crippen LogP contribution in [0.4, 0.5) is 0 Å². The third-order valence-corrected chi connectivity index (χ3v) is 6.53. The van der Waals surface area contributed by atoms with Crippen molar-refractivity contribution in [3.63, 3.8) is 0 Å². The summed E-state index contributed by atoms with van der Waals surface area (Å²) in [5.74, 6) is 2.07. The molecule has 0 saturated heterocycles. The molecule has 0 N–H and O–H groups in total. The van der Waals surface area contributed by atoms with Crippen molar-refractivity contribution in [2.24, 2.45) is 0 Å². The van der Waals surface area contributed by atoms with Gasteiger partial charge in [0.1, 0.15) is 11.6 Å². The Hall–Kier alpha value is -3.85. The molecule has 0 fully saturated rings. The van der Waals surface area contributed by atoms with E-state index in [0.717, 1.165) is 55.9 Å². The van der Waals surface area contributed by atoms with E-state index >= 15 is 0 Å². The van der Waals surface area contributed by atoms with E-state index in [0.29, 0.717) is 0 Å². The standard InChI is InChI=1S/C32H32N2O/c1-2-25-16-20-29(21-17-25)35-23-9-8-22-34-31-13-7-6-12-30(31)33-32(34)24-26-14-18-28(19-15-26)27-10-4-3-5-11-27/h3-7,10-21H,2,8-9,22-24H2,1H3. The van der Waals surface area contributed by atoms with Crippen LogP contribution >= 0.6 is 0 Å². The molecular weight excluding hydrogens is 428 g/mol. The molecule has 4 aromatic carbocycles. The van der Waals surface area contributed by atoms with Crippen LogP contribution in [0.5, 0.6) is 5.75 Å². The number of aromatic nitrogens is 2. The van der Waals surface area contributed by atoms with E-state index in [-0.39, 0.29) is 0 Å². The largest absolute Gasteiger partial charge is 0.494 e. The van der Waals surface area contributed by atoms with Gasteiger partial charge in [-0.2, -0.15) is 0 Å². The molecule has 0 aliphatic heterocycles. The van der Waals surface area contributed by atoms with E-state index in [4.69, 9.17) is 9.72 Å². The molecule has 0 radical (unpaired) electrons. The zero-order chi connectivity index (χ0) is 23.9. The minimum Gasteiger partial charge on any atom is -0.494 e. The van der Waals surface area contributed by atoms with Gasteiger partial charge in [0, 0.05) is 13.0 Å². The van der Waals surface area contributed by atoms with Gasteiger partial charge in [-0.05, 0) is 65.8 Å².